The number of aryl methyl sites for hydroxylation is 2. The van der Waals surface area contributed by atoms with E-state index < -0.39 is 0 Å². The van der Waals surface area contributed by atoms with Crippen LogP contribution in [0.2, 0.25) is 0 Å². The number of likely N-dealkylation sites (tertiary alicyclic amines) is 1. The zero-order valence-electron chi connectivity index (χ0n) is 11.8. The van der Waals surface area contributed by atoms with Gasteiger partial charge in [0.25, 0.3) is 5.91 Å². The second kappa shape index (κ2) is 4.92. The molecule has 1 aliphatic heterocycles. The van der Waals surface area contributed by atoms with E-state index in [9.17, 15) is 9.59 Å². The second-order valence-corrected chi connectivity index (χ2v) is 5.57. The van der Waals surface area contributed by atoms with E-state index in [-0.39, 0.29) is 17.9 Å². The molecule has 0 radical (unpaired) electrons. The van der Waals surface area contributed by atoms with E-state index >= 15 is 0 Å². The third kappa shape index (κ3) is 2.30. The van der Waals surface area contributed by atoms with Crippen molar-refractivity contribution in [3.63, 3.8) is 0 Å². The minimum absolute atomic E-state index is 0.102. The van der Waals surface area contributed by atoms with E-state index in [1.54, 1.807) is 6.92 Å². The van der Waals surface area contributed by atoms with Gasteiger partial charge in [-0.25, -0.2) is 0 Å². The number of carbonyl (C=O) groups excluding carboxylic acids is 2. The quantitative estimate of drug-likeness (QED) is 0.892. The highest BCUT2D eigenvalue weighted by atomic mass is 16.5. The number of nitrogens with one attached hydrogen (secondary N) is 1. The van der Waals surface area contributed by atoms with Crippen LogP contribution in [-0.2, 0) is 11.2 Å². The zero-order valence-corrected chi connectivity index (χ0v) is 11.8. The molecule has 1 unspecified atom stereocenters. The van der Waals surface area contributed by atoms with E-state index in [0.29, 0.717) is 42.4 Å². The smallest absolute Gasteiger partial charge is 0.257 e. The van der Waals surface area contributed by atoms with Gasteiger partial charge in [-0.1, -0.05) is 12.1 Å². The topological polar surface area (TPSA) is 75.4 Å². The summed E-state index contributed by atoms with van der Waals surface area (Å²) in [5.74, 6) is 0.565. The van der Waals surface area contributed by atoms with Gasteiger partial charge in [0.2, 0.25) is 5.91 Å². The largest absolute Gasteiger partial charge is 0.360 e. The lowest BCUT2D eigenvalue weighted by Gasteiger charge is -2.16. The minimum Gasteiger partial charge on any atom is -0.360 e. The summed E-state index contributed by atoms with van der Waals surface area (Å²) in [5.41, 5.74) is 1.12. The number of hydrogen-bond donors (Lipinski definition) is 1. The van der Waals surface area contributed by atoms with Gasteiger partial charge in [-0.2, -0.15) is 0 Å². The zero-order chi connectivity index (χ0) is 14.3. The van der Waals surface area contributed by atoms with Crippen LogP contribution in [0.1, 0.15) is 48.0 Å². The number of carbonyl (C=O) groups is 2. The Morgan fingerprint density at radius 3 is 2.90 bits per heavy atom. The molecular weight excluding hydrogens is 258 g/mol. The first-order valence-corrected chi connectivity index (χ1v) is 7.15. The molecule has 1 atom stereocenters. The summed E-state index contributed by atoms with van der Waals surface area (Å²) in [6.07, 6.45) is 3.21. The number of aromatic nitrogens is 1. The fourth-order valence-corrected chi connectivity index (χ4v) is 2.77. The molecule has 0 bridgehead atoms. The lowest BCUT2D eigenvalue weighted by Crippen LogP contribution is -2.38. The third-order valence-electron chi connectivity index (χ3n) is 3.96. The standard InChI is InChI=1S/C14H19N3O3/c1-3-11-13(8(2)16-20-11)14(19)15-9-6-12(18)17(7-9)10-4-5-10/h9-10H,3-7H2,1-2H3,(H,15,19). The molecule has 0 aromatic carbocycles. The molecule has 1 aliphatic carbocycles. The molecule has 3 rings (SSSR count). The fraction of sp³-hybridized carbons (Fsp3) is 0.643. The van der Waals surface area contributed by atoms with Gasteiger partial charge in [-0.3, -0.25) is 9.59 Å². The van der Waals surface area contributed by atoms with Crippen molar-refractivity contribution in [1.82, 2.24) is 15.4 Å². The van der Waals surface area contributed by atoms with Crippen molar-refractivity contribution in [2.75, 3.05) is 6.54 Å². The Bertz CT molecular complexity index is 548. The van der Waals surface area contributed by atoms with Crippen LogP contribution in [0.5, 0.6) is 0 Å². The summed E-state index contributed by atoms with van der Waals surface area (Å²) in [4.78, 5) is 26.1. The number of amides is 2. The molecule has 6 nitrogen and oxygen atoms in total. The maximum atomic E-state index is 12.3. The lowest BCUT2D eigenvalue weighted by atomic mass is 10.1. The van der Waals surface area contributed by atoms with Crippen LogP contribution in [0.15, 0.2) is 4.52 Å². The van der Waals surface area contributed by atoms with E-state index in [1.807, 2.05) is 11.8 Å². The van der Waals surface area contributed by atoms with Gasteiger partial charge in [0.1, 0.15) is 11.3 Å². The monoisotopic (exact) mass is 277 g/mol. The number of hydrogen-bond acceptors (Lipinski definition) is 4. The van der Waals surface area contributed by atoms with Crippen molar-refractivity contribution in [3.8, 4) is 0 Å². The van der Waals surface area contributed by atoms with Crippen LogP contribution >= 0.6 is 0 Å². The van der Waals surface area contributed by atoms with Crippen LogP contribution < -0.4 is 5.32 Å². The Morgan fingerprint density at radius 2 is 2.25 bits per heavy atom. The Morgan fingerprint density at radius 1 is 1.50 bits per heavy atom. The molecule has 2 heterocycles. The van der Waals surface area contributed by atoms with Crippen LogP contribution in [0.3, 0.4) is 0 Å². The molecule has 0 spiro atoms. The van der Waals surface area contributed by atoms with Crippen LogP contribution in [0.4, 0.5) is 0 Å². The van der Waals surface area contributed by atoms with Gasteiger partial charge in [-0.05, 0) is 19.8 Å². The highest BCUT2D eigenvalue weighted by Gasteiger charge is 2.40. The van der Waals surface area contributed by atoms with Crippen molar-refractivity contribution in [1.29, 1.82) is 0 Å². The SMILES string of the molecule is CCc1onc(C)c1C(=O)NC1CC(=O)N(C2CC2)C1. The maximum Gasteiger partial charge on any atom is 0.257 e. The van der Waals surface area contributed by atoms with Gasteiger partial charge in [0, 0.05) is 25.4 Å². The Kier molecular flexibility index (Phi) is 3.23. The molecule has 6 heteroatoms. The molecular formula is C14H19N3O3. The van der Waals surface area contributed by atoms with Gasteiger partial charge >= 0.3 is 0 Å². The van der Waals surface area contributed by atoms with Gasteiger partial charge in [-0.15, -0.1) is 0 Å². The third-order valence-corrected chi connectivity index (χ3v) is 3.96. The van der Waals surface area contributed by atoms with Crippen LogP contribution in [0, 0.1) is 6.92 Å². The summed E-state index contributed by atoms with van der Waals surface area (Å²) < 4.78 is 5.13. The summed E-state index contributed by atoms with van der Waals surface area (Å²) >= 11 is 0. The fourth-order valence-electron chi connectivity index (χ4n) is 2.77. The highest BCUT2D eigenvalue weighted by Crippen LogP contribution is 2.30. The predicted molar refractivity (Wildman–Crippen MR) is 71.2 cm³/mol. The molecule has 1 saturated carbocycles. The van der Waals surface area contributed by atoms with Crippen molar-refractivity contribution < 1.29 is 14.1 Å². The molecule has 2 amide bonds. The lowest BCUT2D eigenvalue weighted by molar-refractivity contribution is -0.128. The number of rotatable bonds is 4. The first-order chi connectivity index (χ1) is 9.60. The molecule has 1 aromatic heterocycles. The average Bonchev–Trinajstić information content (AvgIpc) is 3.09. The minimum atomic E-state index is -0.184. The summed E-state index contributed by atoms with van der Waals surface area (Å²) in [6.45, 7) is 4.31. The van der Waals surface area contributed by atoms with Gasteiger partial charge in [0.05, 0.1) is 11.7 Å². The first-order valence-electron chi connectivity index (χ1n) is 7.15. The molecule has 20 heavy (non-hydrogen) atoms. The normalized spacial score (nSPS) is 22.4. The number of nitrogens with zero attached hydrogens (tertiary/aromatic N) is 2. The van der Waals surface area contributed by atoms with Crippen molar-refractivity contribution >= 4 is 11.8 Å². The molecule has 2 aliphatic rings. The Hall–Kier alpha value is -1.85. The van der Waals surface area contributed by atoms with Crippen molar-refractivity contribution in [2.45, 2.75) is 51.6 Å². The average molecular weight is 277 g/mol. The van der Waals surface area contributed by atoms with E-state index in [1.165, 1.54) is 0 Å². The van der Waals surface area contributed by atoms with Gasteiger partial charge in [0.15, 0.2) is 0 Å². The second-order valence-electron chi connectivity index (χ2n) is 5.57. The van der Waals surface area contributed by atoms with Crippen LogP contribution in [-0.4, -0.2) is 40.5 Å². The Labute approximate surface area is 117 Å². The predicted octanol–water partition coefficient (Wildman–Crippen LogP) is 1.04. The summed E-state index contributed by atoms with van der Waals surface area (Å²) in [7, 11) is 0. The first kappa shape index (κ1) is 13.1. The Balaban J connectivity index is 1.67. The molecule has 1 N–H and O–H groups in total. The highest BCUT2D eigenvalue weighted by molar-refractivity contribution is 5.97. The van der Waals surface area contributed by atoms with E-state index in [0.717, 1.165) is 12.8 Å². The van der Waals surface area contributed by atoms with Gasteiger partial charge < -0.3 is 14.7 Å². The van der Waals surface area contributed by atoms with Crippen LogP contribution in [0.25, 0.3) is 0 Å². The molecule has 1 saturated heterocycles. The molecule has 108 valence electrons. The van der Waals surface area contributed by atoms with E-state index in [2.05, 4.69) is 10.5 Å². The molecule has 2 fully saturated rings. The van der Waals surface area contributed by atoms with Crippen molar-refractivity contribution in [3.05, 3.63) is 17.0 Å². The van der Waals surface area contributed by atoms with Crippen molar-refractivity contribution in [2.24, 2.45) is 0 Å². The molecule has 1 aromatic rings. The van der Waals surface area contributed by atoms with E-state index in [4.69, 9.17) is 4.52 Å². The maximum absolute atomic E-state index is 12.3. The summed E-state index contributed by atoms with van der Waals surface area (Å²) in [6, 6.07) is 0.308. The summed E-state index contributed by atoms with van der Waals surface area (Å²) in [5, 5.41) is 6.78.